The normalized spacial score (nSPS) is 11.1. The molecule has 1 aromatic rings. The van der Waals surface area contributed by atoms with E-state index in [1.165, 1.54) is 25.2 Å². The Morgan fingerprint density at radius 1 is 1.50 bits per heavy atom. The third-order valence-corrected chi connectivity index (χ3v) is 3.55. The van der Waals surface area contributed by atoms with E-state index in [0.717, 1.165) is 10.4 Å². The van der Waals surface area contributed by atoms with Crippen LogP contribution in [-0.4, -0.2) is 32.3 Å². The summed E-state index contributed by atoms with van der Waals surface area (Å²) < 4.78 is 36.5. The van der Waals surface area contributed by atoms with Gasteiger partial charge in [-0.15, -0.1) is 0 Å². The molecule has 1 N–H and O–H groups in total. The van der Waals surface area contributed by atoms with Gasteiger partial charge < -0.3 is 5.11 Å². The highest BCUT2D eigenvalue weighted by molar-refractivity contribution is 7.93. The smallest absolute Gasteiger partial charge is 0.320 e. The number of carboxylic acid groups (broad SMARTS) is 1. The van der Waals surface area contributed by atoms with E-state index in [1.807, 2.05) is 0 Å². The maximum absolute atomic E-state index is 12.8. The first-order valence-electron chi connectivity index (χ1n) is 4.27. The third-order valence-electron chi connectivity index (χ3n) is 1.89. The number of carbonyl (C=O) groups is 1. The van der Waals surface area contributed by atoms with Crippen molar-refractivity contribution in [3.63, 3.8) is 0 Å². The Labute approximate surface area is 92.2 Å². The molecule has 0 amide bonds. The molecule has 0 atom stereocenters. The average molecular weight is 247 g/mol. The van der Waals surface area contributed by atoms with Gasteiger partial charge in [0.25, 0.3) is 0 Å². The predicted octanol–water partition coefficient (Wildman–Crippen LogP) is 0.676. The first-order chi connectivity index (χ1) is 7.33. The number of halogens is 1. The zero-order valence-corrected chi connectivity index (χ0v) is 9.24. The number of hydrogen-bond donors (Lipinski definition) is 1. The molecule has 5 nitrogen and oxygen atoms in total. The van der Waals surface area contributed by atoms with E-state index < -0.39 is 27.6 Å². The topological polar surface area (TPSA) is 74.7 Å². The molecule has 1 aromatic carbocycles. The number of rotatable bonds is 4. The zero-order chi connectivity index (χ0) is 12.3. The maximum atomic E-state index is 12.8. The van der Waals surface area contributed by atoms with Crippen LogP contribution in [0.3, 0.4) is 0 Å². The van der Waals surface area contributed by atoms with Crippen molar-refractivity contribution in [2.75, 3.05) is 17.1 Å². The molecule has 1 rings (SSSR count). The summed E-state index contributed by atoms with van der Waals surface area (Å²) in [6.45, 7) is 0. The highest BCUT2D eigenvalue weighted by atomic mass is 32.2. The zero-order valence-electron chi connectivity index (χ0n) is 8.42. The minimum absolute atomic E-state index is 0.0845. The Morgan fingerprint density at radius 3 is 2.62 bits per heavy atom. The van der Waals surface area contributed by atoms with Gasteiger partial charge in [0.05, 0.1) is 5.69 Å². The molecule has 0 aliphatic rings. The summed E-state index contributed by atoms with van der Waals surface area (Å²) in [5.74, 6) is -3.07. The lowest BCUT2D eigenvalue weighted by molar-refractivity contribution is -0.134. The average Bonchev–Trinajstić information content (AvgIpc) is 2.14. The molecule has 88 valence electrons. The lowest BCUT2D eigenvalue weighted by Crippen LogP contribution is -2.32. The molecule has 0 saturated heterocycles. The maximum Gasteiger partial charge on any atom is 0.320 e. The van der Waals surface area contributed by atoms with E-state index >= 15 is 0 Å². The largest absolute Gasteiger partial charge is 0.480 e. The lowest BCUT2D eigenvalue weighted by Gasteiger charge is -2.18. The fraction of sp³-hybridized carbons (Fsp3) is 0.222. The number of aliphatic carboxylic acids is 1. The van der Waals surface area contributed by atoms with Crippen molar-refractivity contribution >= 4 is 21.7 Å². The minimum Gasteiger partial charge on any atom is -0.480 e. The molecule has 0 saturated carbocycles. The van der Waals surface area contributed by atoms with Crippen molar-refractivity contribution < 1.29 is 22.7 Å². The second-order valence-electron chi connectivity index (χ2n) is 3.10. The van der Waals surface area contributed by atoms with Crippen LogP contribution in [0.15, 0.2) is 24.3 Å². The van der Waals surface area contributed by atoms with Crippen molar-refractivity contribution in [3.05, 3.63) is 30.1 Å². The van der Waals surface area contributed by atoms with Crippen LogP contribution in [0.25, 0.3) is 0 Å². The van der Waals surface area contributed by atoms with E-state index in [4.69, 9.17) is 5.11 Å². The van der Waals surface area contributed by atoms with Crippen LogP contribution in [0, 0.1) is 5.82 Å². The van der Waals surface area contributed by atoms with Crippen molar-refractivity contribution in [2.45, 2.75) is 0 Å². The molecule has 0 unspecified atom stereocenters. The van der Waals surface area contributed by atoms with E-state index in [9.17, 15) is 17.6 Å². The molecule has 0 radical (unpaired) electrons. The summed E-state index contributed by atoms with van der Waals surface area (Å²) >= 11 is 0. The standard InChI is InChI=1S/C9H10FNO4S/c1-11(16(14,15)6-9(12)13)8-4-2-3-7(10)5-8/h2-5H,6H2,1H3,(H,12,13). The molecule has 0 aliphatic carbocycles. The van der Waals surface area contributed by atoms with Gasteiger partial charge in [-0.3, -0.25) is 9.10 Å². The van der Waals surface area contributed by atoms with Crippen LogP contribution in [-0.2, 0) is 14.8 Å². The van der Waals surface area contributed by atoms with Gasteiger partial charge in [-0.05, 0) is 18.2 Å². The lowest BCUT2D eigenvalue weighted by atomic mass is 10.3. The van der Waals surface area contributed by atoms with E-state index in [2.05, 4.69) is 0 Å². The Bertz CT molecular complexity index is 500. The van der Waals surface area contributed by atoms with Gasteiger partial charge in [-0.1, -0.05) is 6.07 Å². The number of anilines is 1. The third kappa shape index (κ3) is 2.93. The van der Waals surface area contributed by atoms with E-state index in [0.29, 0.717) is 0 Å². The molecule has 0 spiro atoms. The van der Waals surface area contributed by atoms with Crippen molar-refractivity contribution in [3.8, 4) is 0 Å². The van der Waals surface area contributed by atoms with Crippen LogP contribution in [0.1, 0.15) is 0 Å². The van der Waals surface area contributed by atoms with Gasteiger partial charge in [0, 0.05) is 7.05 Å². The van der Waals surface area contributed by atoms with Crippen LogP contribution in [0.2, 0.25) is 0 Å². The molecular weight excluding hydrogens is 237 g/mol. The van der Waals surface area contributed by atoms with E-state index in [-0.39, 0.29) is 5.69 Å². The molecule has 16 heavy (non-hydrogen) atoms. The fourth-order valence-corrected chi connectivity index (χ4v) is 2.03. The summed E-state index contributed by atoms with van der Waals surface area (Å²) in [5, 5.41) is 8.42. The quantitative estimate of drug-likeness (QED) is 0.848. The monoisotopic (exact) mass is 247 g/mol. The van der Waals surface area contributed by atoms with Gasteiger partial charge in [0.2, 0.25) is 10.0 Å². The van der Waals surface area contributed by atoms with Gasteiger partial charge in [0.15, 0.2) is 5.75 Å². The van der Waals surface area contributed by atoms with Crippen LogP contribution in [0.4, 0.5) is 10.1 Å². The Hall–Kier alpha value is -1.63. The molecular formula is C9H10FNO4S. The predicted molar refractivity (Wildman–Crippen MR) is 56.2 cm³/mol. The Balaban J connectivity index is 3.02. The molecule has 7 heteroatoms. The molecule has 0 fully saturated rings. The van der Waals surface area contributed by atoms with Crippen LogP contribution in [0.5, 0.6) is 0 Å². The van der Waals surface area contributed by atoms with Crippen molar-refractivity contribution in [1.29, 1.82) is 0 Å². The van der Waals surface area contributed by atoms with Gasteiger partial charge in [-0.2, -0.15) is 0 Å². The molecule has 0 bridgehead atoms. The number of sulfonamides is 1. The first kappa shape index (κ1) is 12.4. The molecule has 0 aliphatic heterocycles. The van der Waals surface area contributed by atoms with Gasteiger partial charge >= 0.3 is 5.97 Å². The highest BCUT2D eigenvalue weighted by Crippen LogP contribution is 2.17. The second kappa shape index (κ2) is 4.48. The molecule has 0 heterocycles. The molecule has 0 aromatic heterocycles. The number of benzene rings is 1. The fourth-order valence-electron chi connectivity index (χ4n) is 1.09. The van der Waals surface area contributed by atoms with Gasteiger partial charge in [-0.25, -0.2) is 12.8 Å². The number of carboxylic acids is 1. The minimum atomic E-state index is -3.96. The summed E-state index contributed by atoms with van der Waals surface area (Å²) in [5.41, 5.74) is 0.0845. The Morgan fingerprint density at radius 2 is 2.12 bits per heavy atom. The van der Waals surface area contributed by atoms with Crippen molar-refractivity contribution in [1.82, 2.24) is 0 Å². The van der Waals surface area contributed by atoms with E-state index in [1.54, 1.807) is 0 Å². The SMILES string of the molecule is CN(c1cccc(F)c1)S(=O)(=O)CC(=O)O. The summed E-state index contributed by atoms with van der Waals surface area (Å²) in [6.07, 6.45) is 0. The highest BCUT2D eigenvalue weighted by Gasteiger charge is 2.22. The summed E-state index contributed by atoms with van der Waals surface area (Å²) in [6, 6.07) is 4.90. The van der Waals surface area contributed by atoms with Crippen molar-refractivity contribution in [2.24, 2.45) is 0 Å². The first-order valence-corrected chi connectivity index (χ1v) is 5.88. The van der Waals surface area contributed by atoms with Crippen LogP contribution >= 0.6 is 0 Å². The van der Waals surface area contributed by atoms with Crippen LogP contribution < -0.4 is 4.31 Å². The van der Waals surface area contributed by atoms with Gasteiger partial charge in [0.1, 0.15) is 5.82 Å². The number of nitrogens with zero attached hydrogens (tertiary/aromatic N) is 1. The number of hydrogen-bond acceptors (Lipinski definition) is 3. The second-order valence-corrected chi connectivity index (χ2v) is 5.10. The summed E-state index contributed by atoms with van der Waals surface area (Å²) in [7, 11) is -2.79. The Kier molecular flexibility index (Phi) is 3.48. The summed E-state index contributed by atoms with van der Waals surface area (Å²) in [4.78, 5) is 10.3.